The first-order chi connectivity index (χ1) is 8.74. The molecule has 0 radical (unpaired) electrons. The molecule has 18 heavy (non-hydrogen) atoms. The van der Waals surface area contributed by atoms with E-state index < -0.39 is 0 Å². The van der Waals surface area contributed by atoms with Gasteiger partial charge in [-0.25, -0.2) is 0 Å². The minimum Gasteiger partial charge on any atom is -0.396 e. The van der Waals surface area contributed by atoms with Crippen LogP contribution in [0.15, 0.2) is 18.2 Å². The van der Waals surface area contributed by atoms with E-state index in [0.717, 1.165) is 32.6 Å². The monoisotopic (exact) mass is 248 g/mol. The summed E-state index contributed by atoms with van der Waals surface area (Å²) in [5, 5.41) is 12.8. The molecule has 0 amide bonds. The number of nitrogens with one attached hydrogen (secondary N) is 1. The van der Waals surface area contributed by atoms with Gasteiger partial charge in [0.15, 0.2) is 0 Å². The van der Waals surface area contributed by atoms with Crippen molar-refractivity contribution >= 4 is 0 Å². The number of hydrogen-bond acceptors (Lipinski definition) is 3. The summed E-state index contributed by atoms with van der Waals surface area (Å²) in [5.74, 6) is 0. The second-order valence-electron chi connectivity index (χ2n) is 5.12. The van der Waals surface area contributed by atoms with Crippen molar-refractivity contribution in [2.75, 3.05) is 32.8 Å². The van der Waals surface area contributed by atoms with Gasteiger partial charge in [0, 0.05) is 38.8 Å². The van der Waals surface area contributed by atoms with Gasteiger partial charge in [-0.2, -0.15) is 0 Å². The fourth-order valence-electron chi connectivity index (χ4n) is 2.98. The van der Waals surface area contributed by atoms with Crippen molar-refractivity contribution in [3.05, 3.63) is 34.9 Å². The number of piperazine rings is 1. The Morgan fingerprint density at radius 1 is 1.22 bits per heavy atom. The molecular weight excluding hydrogens is 224 g/mol. The summed E-state index contributed by atoms with van der Waals surface area (Å²) in [4.78, 5) is 2.50. The third kappa shape index (κ3) is 2.91. The summed E-state index contributed by atoms with van der Waals surface area (Å²) < 4.78 is 0. The van der Waals surface area contributed by atoms with Crippen molar-refractivity contribution in [1.29, 1.82) is 0 Å². The minimum atomic E-state index is 0.252. The van der Waals surface area contributed by atoms with Gasteiger partial charge in [0.2, 0.25) is 0 Å². The number of benzene rings is 1. The maximum Gasteiger partial charge on any atom is 0.0449 e. The molecule has 0 saturated carbocycles. The Balaban J connectivity index is 2.28. The molecule has 2 N–H and O–H groups in total. The molecule has 0 bridgehead atoms. The van der Waals surface area contributed by atoms with Gasteiger partial charge >= 0.3 is 0 Å². The SMILES string of the molecule is Cc1cccc(C)c1[C@H](CCO)N1CCNCC1. The molecule has 1 aliphatic rings. The van der Waals surface area contributed by atoms with Gasteiger partial charge < -0.3 is 10.4 Å². The maximum atomic E-state index is 9.37. The molecule has 0 aromatic heterocycles. The Hall–Kier alpha value is -0.900. The molecule has 1 heterocycles. The highest BCUT2D eigenvalue weighted by molar-refractivity contribution is 5.36. The normalized spacial score (nSPS) is 18.8. The second kappa shape index (κ2) is 6.32. The molecule has 3 nitrogen and oxygen atoms in total. The molecule has 0 spiro atoms. The highest BCUT2D eigenvalue weighted by Crippen LogP contribution is 2.29. The minimum absolute atomic E-state index is 0.252. The van der Waals surface area contributed by atoms with Crippen molar-refractivity contribution < 1.29 is 5.11 Å². The lowest BCUT2D eigenvalue weighted by Gasteiger charge is -2.36. The third-order valence-electron chi connectivity index (χ3n) is 3.87. The van der Waals surface area contributed by atoms with Crippen LogP contribution in [0.25, 0.3) is 0 Å². The van der Waals surface area contributed by atoms with Crippen LogP contribution in [0.1, 0.15) is 29.2 Å². The van der Waals surface area contributed by atoms with Crippen molar-refractivity contribution in [3.8, 4) is 0 Å². The van der Waals surface area contributed by atoms with Crippen LogP contribution in [0.3, 0.4) is 0 Å². The molecule has 2 rings (SSSR count). The Labute approximate surface area is 110 Å². The molecule has 3 heteroatoms. The smallest absolute Gasteiger partial charge is 0.0449 e. The fourth-order valence-corrected chi connectivity index (χ4v) is 2.98. The van der Waals surface area contributed by atoms with Gasteiger partial charge in [-0.15, -0.1) is 0 Å². The first-order valence-corrected chi connectivity index (χ1v) is 6.85. The Morgan fingerprint density at radius 2 is 1.83 bits per heavy atom. The van der Waals surface area contributed by atoms with Gasteiger partial charge in [-0.05, 0) is 37.0 Å². The summed E-state index contributed by atoms with van der Waals surface area (Å²) in [6.07, 6.45) is 0.825. The average molecular weight is 248 g/mol. The van der Waals surface area contributed by atoms with E-state index in [1.54, 1.807) is 0 Å². The van der Waals surface area contributed by atoms with Crippen molar-refractivity contribution in [3.63, 3.8) is 0 Å². The zero-order chi connectivity index (χ0) is 13.0. The topological polar surface area (TPSA) is 35.5 Å². The predicted octanol–water partition coefficient (Wildman–Crippen LogP) is 1.63. The molecule has 1 aromatic rings. The quantitative estimate of drug-likeness (QED) is 0.850. The van der Waals surface area contributed by atoms with E-state index in [1.165, 1.54) is 16.7 Å². The molecule has 0 unspecified atom stereocenters. The molecule has 1 saturated heterocycles. The van der Waals surface area contributed by atoms with Crippen LogP contribution in [-0.2, 0) is 0 Å². The Kier molecular flexibility index (Phi) is 4.75. The summed E-state index contributed by atoms with van der Waals surface area (Å²) in [6.45, 7) is 8.84. The van der Waals surface area contributed by atoms with Crippen LogP contribution in [0, 0.1) is 13.8 Å². The molecule has 1 fully saturated rings. The zero-order valence-corrected chi connectivity index (χ0v) is 11.4. The highest BCUT2D eigenvalue weighted by Gasteiger charge is 2.24. The van der Waals surface area contributed by atoms with E-state index in [-0.39, 0.29) is 6.61 Å². The summed E-state index contributed by atoms with van der Waals surface area (Å²) in [7, 11) is 0. The van der Waals surface area contributed by atoms with Gasteiger partial charge in [-0.3, -0.25) is 4.90 Å². The summed E-state index contributed by atoms with van der Waals surface area (Å²) >= 11 is 0. The largest absolute Gasteiger partial charge is 0.396 e. The number of aliphatic hydroxyl groups is 1. The Bertz CT molecular complexity index is 366. The standard InChI is InChI=1S/C15H24N2O/c1-12-4-3-5-13(2)15(12)14(6-11-18)17-9-7-16-8-10-17/h3-5,14,16,18H,6-11H2,1-2H3/t14-/m0/s1. The van der Waals surface area contributed by atoms with E-state index in [2.05, 4.69) is 42.3 Å². The first-order valence-electron chi connectivity index (χ1n) is 6.85. The summed E-state index contributed by atoms with van der Waals surface area (Å²) in [5.41, 5.74) is 4.09. The lowest BCUT2D eigenvalue weighted by molar-refractivity contribution is 0.140. The van der Waals surface area contributed by atoms with Crippen LogP contribution < -0.4 is 5.32 Å². The first kappa shape index (κ1) is 13.5. The van der Waals surface area contributed by atoms with Crippen LogP contribution in [-0.4, -0.2) is 42.8 Å². The molecular formula is C15H24N2O. The number of hydrogen-bond donors (Lipinski definition) is 2. The molecule has 100 valence electrons. The van der Waals surface area contributed by atoms with Crippen LogP contribution in [0.5, 0.6) is 0 Å². The van der Waals surface area contributed by atoms with E-state index in [4.69, 9.17) is 0 Å². The van der Waals surface area contributed by atoms with E-state index in [9.17, 15) is 5.11 Å². The van der Waals surface area contributed by atoms with E-state index in [1.807, 2.05) is 0 Å². The second-order valence-corrected chi connectivity index (χ2v) is 5.12. The van der Waals surface area contributed by atoms with Gasteiger partial charge in [-0.1, -0.05) is 18.2 Å². The van der Waals surface area contributed by atoms with Crippen LogP contribution in [0.2, 0.25) is 0 Å². The average Bonchev–Trinajstić information content (AvgIpc) is 2.38. The van der Waals surface area contributed by atoms with Crippen LogP contribution >= 0.6 is 0 Å². The fraction of sp³-hybridized carbons (Fsp3) is 0.600. The van der Waals surface area contributed by atoms with Crippen molar-refractivity contribution in [2.45, 2.75) is 26.3 Å². The van der Waals surface area contributed by atoms with Gasteiger partial charge in [0.25, 0.3) is 0 Å². The molecule has 1 atom stereocenters. The zero-order valence-electron chi connectivity index (χ0n) is 11.4. The van der Waals surface area contributed by atoms with Crippen molar-refractivity contribution in [1.82, 2.24) is 10.2 Å². The summed E-state index contributed by atoms with van der Waals surface area (Å²) in [6, 6.07) is 6.82. The molecule has 1 aromatic carbocycles. The lowest BCUT2D eigenvalue weighted by atomic mass is 9.93. The highest BCUT2D eigenvalue weighted by atomic mass is 16.3. The number of aryl methyl sites for hydroxylation is 2. The van der Waals surface area contributed by atoms with E-state index >= 15 is 0 Å². The predicted molar refractivity (Wildman–Crippen MR) is 74.8 cm³/mol. The third-order valence-corrected chi connectivity index (χ3v) is 3.87. The number of rotatable bonds is 4. The molecule has 1 aliphatic heterocycles. The van der Waals surface area contributed by atoms with Crippen molar-refractivity contribution in [2.24, 2.45) is 0 Å². The number of nitrogens with zero attached hydrogens (tertiary/aromatic N) is 1. The van der Waals surface area contributed by atoms with E-state index in [0.29, 0.717) is 6.04 Å². The van der Waals surface area contributed by atoms with Gasteiger partial charge in [0.05, 0.1) is 0 Å². The Morgan fingerprint density at radius 3 is 2.39 bits per heavy atom. The van der Waals surface area contributed by atoms with Gasteiger partial charge in [0.1, 0.15) is 0 Å². The molecule has 0 aliphatic carbocycles. The number of aliphatic hydroxyl groups excluding tert-OH is 1. The maximum absolute atomic E-state index is 9.37. The lowest BCUT2D eigenvalue weighted by Crippen LogP contribution is -2.45. The van der Waals surface area contributed by atoms with Crippen LogP contribution in [0.4, 0.5) is 0 Å².